The monoisotopic (exact) mass is 431 g/mol. The first-order chi connectivity index (χ1) is 13.6. The molecule has 0 aliphatic heterocycles. The molecule has 1 aromatic carbocycles. The number of Topliss-reactive ketones (excluding diaryl/α,β-unsaturated/α-hetero) is 1. The highest BCUT2D eigenvalue weighted by atomic mass is 32.2. The van der Waals surface area contributed by atoms with Gasteiger partial charge in [0.25, 0.3) is 10.1 Å². The molecule has 0 spiro atoms. The molecule has 0 fully saturated rings. The first-order valence-corrected chi connectivity index (χ1v) is 10.8. The first-order valence-electron chi connectivity index (χ1n) is 9.21. The molecule has 5 N–H and O–H groups in total. The van der Waals surface area contributed by atoms with Gasteiger partial charge in [0.15, 0.2) is 5.78 Å². The van der Waals surface area contributed by atoms with E-state index >= 15 is 0 Å². The van der Waals surface area contributed by atoms with Gasteiger partial charge in [-0.15, -0.1) is 0 Å². The minimum absolute atomic E-state index is 0.0403. The van der Waals surface area contributed by atoms with Gasteiger partial charge in [0.2, 0.25) is 0 Å². The van der Waals surface area contributed by atoms with Crippen LogP contribution < -0.4 is 16.3 Å². The van der Waals surface area contributed by atoms with E-state index in [2.05, 4.69) is 16.3 Å². The SMILES string of the molecule is CC(C)C(NNC(CO)C(=O)Cc1ccccc1)C(=O)ONCCCS(=O)(=O)O. The highest BCUT2D eigenvalue weighted by Crippen LogP contribution is 2.05. The Hall–Kier alpha value is -1.89. The van der Waals surface area contributed by atoms with E-state index < -0.39 is 40.5 Å². The van der Waals surface area contributed by atoms with Crippen LogP contribution in [0, 0.1) is 5.92 Å². The molecule has 0 bridgehead atoms. The van der Waals surface area contributed by atoms with Crippen LogP contribution in [0.3, 0.4) is 0 Å². The van der Waals surface area contributed by atoms with Crippen molar-refractivity contribution < 1.29 is 32.5 Å². The minimum Gasteiger partial charge on any atom is -0.394 e. The van der Waals surface area contributed by atoms with Gasteiger partial charge in [-0.25, -0.2) is 15.6 Å². The maximum absolute atomic E-state index is 12.4. The Morgan fingerprint density at radius 1 is 1.14 bits per heavy atom. The van der Waals surface area contributed by atoms with Gasteiger partial charge in [-0.2, -0.15) is 13.9 Å². The van der Waals surface area contributed by atoms with E-state index in [1.165, 1.54) is 0 Å². The summed E-state index contributed by atoms with van der Waals surface area (Å²) in [6.45, 7) is 3.11. The van der Waals surface area contributed by atoms with Crippen LogP contribution >= 0.6 is 0 Å². The van der Waals surface area contributed by atoms with Crippen LogP contribution in [0.25, 0.3) is 0 Å². The zero-order valence-electron chi connectivity index (χ0n) is 16.5. The van der Waals surface area contributed by atoms with Gasteiger partial charge in [-0.1, -0.05) is 44.2 Å². The van der Waals surface area contributed by atoms with Crippen molar-refractivity contribution in [3.05, 3.63) is 35.9 Å². The van der Waals surface area contributed by atoms with Crippen LogP contribution in [0.4, 0.5) is 0 Å². The molecule has 0 saturated heterocycles. The summed E-state index contributed by atoms with van der Waals surface area (Å²) in [7, 11) is -4.06. The molecule has 0 heterocycles. The van der Waals surface area contributed by atoms with Crippen LogP contribution in [0.2, 0.25) is 0 Å². The fourth-order valence-corrected chi connectivity index (χ4v) is 2.86. The molecule has 2 atom stereocenters. The van der Waals surface area contributed by atoms with Gasteiger partial charge in [-0.05, 0) is 17.9 Å². The van der Waals surface area contributed by atoms with Crippen molar-refractivity contribution in [2.45, 2.75) is 38.8 Å². The molecule has 0 aliphatic carbocycles. The number of nitrogens with one attached hydrogen (secondary N) is 3. The van der Waals surface area contributed by atoms with E-state index in [1.807, 2.05) is 30.3 Å². The predicted molar refractivity (Wildman–Crippen MR) is 106 cm³/mol. The number of ketones is 1. The molecule has 29 heavy (non-hydrogen) atoms. The standard InChI is InChI=1S/C18H29N3O7S/c1-13(2)17(18(24)28-19-9-6-10-29(25,26)27)21-20-15(12-22)16(23)11-14-7-4-3-5-8-14/h3-5,7-8,13,15,17,19-22H,6,9-12H2,1-2H3,(H,25,26,27). The van der Waals surface area contributed by atoms with E-state index in [0.717, 1.165) is 5.56 Å². The molecule has 0 radical (unpaired) electrons. The van der Waals surface area contributed by atoms with E-state index in [-0.39, 0.29) is 31.1 Å². The molecule has 0 amide bonds. The van der Waals surface area contributed by atoms with Crippen molar-refractivity contribution >= 4 is 21.9 Å². The summed E-state index contributed by atoms with van der Waals surface area (Å²) in [5.41, 5.74) is 8.56. The Balaban J connectivity index is 2.49. The van der Waals surface area contributed by atoms with E-state index in [9.17, 15) is 23.1 Å². The van der Waals surface area contributed by atoms with Crippen LogP contribution in [0.15, 0.2) is 30.3 Å². The van der Waals surface area contributed by atoms with Gasteiger partial charge in [0, 0.05) is 13.0 Å². The fourth-order valence-electron chi connectivity index (χ4n) is 2.35. The van der Waals surface area contributed by atoms with E-state index in [4.69, 9.17) is 9.39 Å². The summed E-state index contributed by atoms with van der Waals surface area (Å²) < 4.78 is 29.9. The first kappa shape index (κ1) is 25.1. The quantitative estimate of drug-likeness (QED) is 0.149. The van der Waals surface area contributed by atoms with Gasteiger partial charge in [0.05, 0.1) is 12.4 Å². The third-order valence-corrected chi connectivity index (χ3v) is 4.78. The third kappa shape index (κ3) is 10.5. The van der Waals surface area contributed by atoms with Gasteiger partial charge in [-0.3, -0.25) is 9.35 Å². The lowest BCUT2D eigenvalue weighted by molar-refractivity contribution is -0.155. The lowest BCUT2D eigenvalue weighted by Crippen LogP contribution is -2.56. The molecule has 164 valence electrons. The topological polar surface area (TPSA) is 154 Å². The van der Waals surface area contributed by atoms with Gasteiger partial charge in [0.1, 0.15) is 12.1 Å². The lowest BCUT2D eigenvalue weighted by atomic mass is 10.0. The smallest absolute Gasteiger partial charge is 0.343 e. The summed E-state index contributed by atoms with van der Waals surface area (Å²) in [4.78, 5) is 29.5. The maximum atomic E-state index is 12.4. The zero-order chi connectivity index (χ0) is 21.9. The molecule has 1 rings (SSSR count). The van der Waals surface area contributed by atoms with Gasteiger partial charge >= 0.3 is 5.97 Å². The predicted octanol–water partition coefficient (Wildman–Crippen LogP) is -0.396. The Morgan fingerprint density at radius 3 is 2.34 bits per heavy atom. The molecule has 10 nitrogen and oxygen atoms in total. The number of rotatable bonds is 14. The third-order valence-electron chi connectivity index (χ3n) is 3.98. The van der Waals surface area contributed by atoms with Crippen molar-refractivity contribution in [3.8, 4) is 0 Å². The summed E-state index contributed by atoms with van der Waals surface area (Å²) in [5.74, 6) is -1.58. The number of hydroxylamine groups is 1. The number of benzene rings is 1. The number of carbonyl (C=O) groups is 2. The zero-order valence-corrected chi connectivity index (χ0v) is 17.3. The second kappa shape index (κ2) is 12.6. The largest absolute Gasteiger partial charge is 0.394 e. The number of carbonyl (C=O) groups excluding carboxylic acids is 2. The highest BCUT2D eigenvalue weighted by molar-refractivity contribution is 7.85. The van der Waals surface area contributed by atoms with Crippen LogP contribution in [-0.2, 0) is 31.0 Å². The average Bonchev–Trinajstić information content (AvgIpc) is 2.64. The van der Waals surface area contributed by atoms with Crippen molar-refractivity contribution in [1.82, 2.24) is 16.3 Å². The molecule has 11 heteroatoms. The van der Waals surface area contributed by atoms with E-state index in [1.54, 1.807) is 13.8 Å². The summed E-state index contributed by atoms with van der Waals surface area (Å²) in [6, 6.07) is 7.34. The maximum Gasteiger partial charge on any atom is 0.343 e. The highest BCUT2D eigenvalue weighted by Gasteiger charge is 2.26. The number of hydrazine groups is 1. The van der Waals surface area contributed by atoms with Crippen LogP contribution in [0.1, 0.15) is 25.8 Å². The second-order valence-corrected chi connectivity index (χ2v) is 8.40. The molecule has 0 saturated carbocycles. The Kier molecular flexibility index (Phi) is 10.9. The summed E-state index contributed by atoms with van der Waals surface area (Å²) in [6.07, 6.45) is 0.192. The van der Waals surface area contributed by atoms with Crippen molar-refractivity contribution in [3.63, 3.8) is 0 Å². The van der Waals surface area contributed by atoms with Crippen LogP contribution in [-0.4, -0.2) is 60.8 Å². The normalized spacial score (nSPS) is 13.8. The molecule has 1 aromatic rings. The second-order valence-electron chi connectivity index (χ2n) is 6.83. The van der Waals surface area contributed by atoms with E-state index in [0.29, 0.717) is 0 Å². The molecular formula is C18H29N3O7S. The van der Waals surface area contributed by atoms with Gasteiger partial charge < -0.3 is 9.94 Å². The number of aliphatic hydroxyl groups is 1. The lowest BCUT2D eigenvalue weighted by Gasteiger charge is -2.24. The molecule has 2 unspecified atom stereocenters. The number of hydrogen-bond acceptors (Lipinski definition) is 9. The van der Waals surface area contributed by atoms with Crippen molar-refractivity contribution in [1.29, 1.82) is 0 Å². The summed E-state index contributed by atoms with van der Waals surface area (Å²) in [5, 5.41) is 9.51. The Morgan fingerprint density at radius 2 is 1.79 bits per heavy atom. The fraction of sp³-hybridized carbons (Fsp3) is 0.556. The molecular weight excluding hydrogens is 402 g/mol. The molecule has 0 aliphatic rings. The van der Waals surface area contributed by atoms with Crippen molar-refractivity contribution in [2.24, 2.45) is 5.92 Å². The minimum atomic E-state index is -4.06. The summed E-state index contributed by atoms with van der Waals surface area (Å²) >= 11 is 0. The van der Waals surface area contributed by atoms with Crippen molar-refractivity contribution in [2.75, 3.05) is 18.9 Å². The average molecular weight is 432 g/mol. The number of aliphatic hydroxyl groups excluding tert-OH is 1. The van der Waals surface area contributed by atoms with Crippen LogP contribution in [0.5, 0.6) is 0 Å². The Bertz CT molecular complexity index is 741. The number of hydrogen-bond donors (Lipinski definition) is 5. The molecule has 0 aromatic heterocycles. The Labute approximate surface area is 170 Å².